The topological polar surface area (TPSA) is 52.1 Å². The average Bonchev–Trinajstić information content (AvgIpc) is 2.23. The molecule has 0 N–H and O–H groups in total. The Bertz CT molecular complexity index is 470. The van der Waals surface area contributed by atoms with Crippen molar-refractivity contribution in [1.82, 2.24) is 9.97 Å². The number of carbonyl (C=O) groups excluding carboxylic acids is 1. The summed E-state index contributed by atoms with van der Waals surface area (Å²) in [5.41, 5.74) is -1.25. The van der Waals surface area contributed by atoms with E-state index in [1.807, 2.05) is 0 Å². The van der Waals surface area contributed by atoms with E-state index < -0.39 is 28.6 Å². The molecule has 7 heteroatoms. The van der Waals surface area contributed by atoms with Crippen molar-refractivity contribution < 1.29 is 18.3 Å². The molecule has 0 saturated carbocycles. The van der Waals surface area contributed by atoms with E-state index in [0.29, 0.717) is 0 Å². The smallest absolute Gasteiger partial charge is 0.365 e. The van der Waals surface area contributed by atoms with E-state index in [0.717, 1.165) is 6.33 Å². The van der Waals surface area contributed by atoms with Gasteiger partial charge >= 0.3 is 11.4 Å². The van der Waals surface area contributed by atoms with Gasteiger partial charge in [-0.25, -0.2) is 9.97 Å². The maximum absolute atomic E-state index is 13.3. The highest BCUT2D eigenvalue weighted by molar-refractivity contribution is 6.21. The fourth-order valence-electron chi connectivity index (χ4n) is 1.64. The number of aromatic nitrogens is 2. The molecular weight excluding hydrogens is 278 g/mol. The molecule has 1 atom stereocenters. The number of hydrogen-bond donors (Lipinski definition) is 0. The van der Waals surface area contributed by atoms with Gasteiger partial charge in [0, 0.05) is 24.1 Å². The second kappa shape index (κ2) is 5.36. The standard InChI is InChI=1S/C12H15ClF2N2O2/c1-7(18)19-10(11(2,3)4)8-5-16-6-17-9(8)12(13,14)15/h5-6,10H,1-4H3. The normalized spacial score (nSPS) is 14.1. The highest BCUT2D eigenvalue weighted by Gasteiger charge is 2.39. The van der Waals surface area contributed by atoms with Crippen LogP contribution in [0.15, 0.2) is 12.5 Å². The van der Waals surface area contributed by atoms with Gasteiger partial charge in [0.25, 0.3) is 0 Å². The third-order valence-electron chi connectivity index (χ3n) is 2.36. The maximum Gasteiger partial charge on any atom is 0.365 e. The van der Waals surface area contributed by atoms with Gasteiger partial charge in [-0.3, -0.25) is 4.79 Å². The van der Waals surface area contributed by atoms with Gasteiger partial charge in [0.05, 0.1) is 0 Å². The molecule has 0 amide bonds. The van der Waals surface area contributed by atoms with E-state index in [2.05, 4.69) is 9.97 Å². The van der Waals surface area contributed by atoms with Crippen LogP contribution in [0.1, 0.15) is 45.1 Å². The number of carbonyl (C=O) groups is 1. The van der Waals surface area contributed by atoms with Gasteiger partial charge < -0.3 is 4.74 Å². The van der Waals surface area contributed by atoms with Crippen LogP contribution in [0.25, 0.3) is 0 Å². The lowest BCUT2D eigenvalue weighted by molar-refractivity contribution is -0.152. The van der Waals surface area contributed by atoms with Gasteiger partial charge in [-0.15, -0.1) is 0 Å². The number of halogens is 3. The first-order valence-corrected chi connectivity index (χ1v) is 5.95. The van der Waals surface area contributed by atoms with Crippen molar-refractivity contribution in [2.24, 2.45) is 5.41 Å². The average molecular weight is 293 g/mol. The van der Waals surface area contributed by atoms with E-state index in [4.69, 9.17) is 16.3 Å². The lowest BCUT2D eigenvalue weighted by Crippen LogP contribution is -2.26. The Morgan fingerprint density at radius 3 is 2.42 bits per heavy atom. The second-order valence-corrected chi connectivity index (χ2v) is 5.65. The van der Waals surface area contributed by atoms with E-state index in [1.165, 1.54) is 13.1 Å². The van der Waals surface area contributed by atoms with Gasteiger partial charge in [-0.05, 0) is 11.6 Å². The van der Waals surface area contributed by atoms with Crippen LogP contribution < -0.4 is 0 Å². The van der Waals surface area contributed by atoms with Crippen molar-refractivity contribution >= 4 is 17.6 Å². The number of rotatable bonds is 3. The van der Waals surface area contributed by atoms with Crippen molar-refractivity contribution in [3.63, 3.8) is 0 Å². The van der Waals surface area contributed by atoms with E-state index in [1.54, 1.807) is 20.8 Å². The number of esters is 1. The van der Waals surface area contributed by atoms with Crippen LogP contribution in [0, 0.1) is 5.41 Å². The van der Waals surface area contributed by atoms with Crippen LogP contribution in [0.2, 0.25) is 0 Å². The van der Waals surface area contributed by atoms with Gasteiger partial charge in [0.1, 0.15) is 18.1 Å². The number of hydrogen-bond acceptors (Lipinski definition) is 4. The van der Waals surface area contributed by atoms with E-state index >= 15 is 0 Å². The Hall–Kier alpha value is -1.30. The summed E-state index contributed by atoms with van der Waals surface area (Å²) in [6, 6.07) is 0. The lowest BCUT2D eigenvalue weighted by atomic mass is 9.84. The minimum absolute atomic E-state index is 0.00481. The molecule has 0 fully saturated rings. The Balaban J connectivity index is 3.35. The van der Waals surface area contributed by atoms with Crippen molar-refractivity contribution in [2.45, 2.75) is 39.2 Å². The van der Waals surface area contributed by atoms with Crippen LogP contribution in [-0.4, -0.2) is 15.9 Å². The van der Waals surface area contributed by atoms with Crippen LogP contribution in [0.5, 0.6) is 0 Å². The first kappa shape index (κ1) is 15.8. The van der Waals surface area contributed by atoms with Crippen LogP contribution in [-0.2, 0) is 14.9 Å². The van der Waals surface area contributed by atoms with E-state index in [9.17, 15) is 13.6 Å². The summed E-state index contributed by atoms with van der Waals surface area (Å²) in [6.45, 7) is 6.47. The maximum atomic E-state index is 13.3. The van der Waals surface area contributed by atoms with E-state index in [-0.39, 0.29) is 5.56 Å². The zero-order valence-electron chi connectivity index (χ0n) is 11.1. The molecule has 1 unspecified atom stereocenters. The zero-order valence-corrected chi connectivity index (χ0v) is 11.8. The number of nitrogens with zero attached hydrogens (tertiary/aromatic N) is 2. The number of alkyl halides is 3. The zero-order chi connectivity index (χ0) is 14.8. The van der Waals surface area contributed by atoms with Crippen LogP contribution >= 0.6 is 11.6 Å². The third kappa shape index (κ3) is 4.09. The van der Waals surface area contributed by atoms with Crippen molar-refractivity contribution in [1.29, 1.82) is 0 Å². The summed E-state index contributed by atoms with van der Waals surface area (Å²) in [7, 11) is 0. The molecule has 1 heterocycles. The van der Waals surface area contributed by atoms with Gasteiger partial charge in [-0.1, -0.05) is 20.8 Å². The largest absolute Gasteiger partial charge is 0.457 e. The highest BCUT2D eigenvalue weighted by atomic mass is 35.5. The minimum atomic E-state index is -3.65. The van der Waals surface area contributed by atoms with Crippen molar-refractivity contribution in [2.75, 3.05) is 0 Å². The van der Waals surface area contributed by atoms with Crippen LogP contribution in [0.3, 0.4) is 0 Å². The molecule has 0 aliphatic carbocycles. The molecule has 0 saturated heterocycles. The molecule has 0 aliphatic heterocycles. The molecular formula is C12H15ClF2N2O2. The van der Waals surface area contributed by atoms with Crippen molar-refractivity contribution in [3.8, 4) is 0 Å². The first-order chi connectivity index (χ1) is 8.53. The molecule has 0 spiro atoms. The van der Waals surface area contributed by atoms with Crippen molar-refractivity contribution in [3.05, 3.63) is 23.8 Å². The highest BCUT2D eigenvalue weighted by Crippen LogP contribution is 2.42. The minimum Gasteiger partial charge on any atom is -0.457 e. The summed E-state index contributed by atoms with van der Waals surface area (Å²) >= 11 is 5.03. The molecule has 4 nitrogen and oxygen atoms in total. The second-order valence-electron chi connectivity index (χ2n) is 5.18. The fourth-order valence-corrected chi connectivity index (χ4v) is 1.80. The number of ether oxygens (including phenoxy) is 1. The molecule has 0 radical (unpaired) electrons. The summed E-state index contributed by atoms with van der Waals surface area (Å²) in [5.74, 6) is -0.576. The molecule has 0 aliphatic rings. The SMILES string of the molecule is CC(=O)OC(c1cncnc1C(F)(F)Cl)C(C)(C)C. The molecule has 1 aromatic rings. The molecule has 19 heavy (non-hydrogen) atoms. The summed E-state index contributed by atoms with van der Waals surface area (Å²) in [6.07, 6.45) is 1.26. The van der Waals surface area contributed by atoms with Gasteiger partial charge in [-0.2, -0.15) is 8.78 Å². The Kier molecular flexibility index (Phi) is 4.45. The third-order valence-corrected chi connectivity index (χ3v) is 2.54. The Morgan fingerprint density at radius 1 is 1.42 bits per heavy atom. The summed E-state index contributed by atoms with van der Waals surface area (Å²) < 4.78 is 31.8. The summed E-state index contributed by atoms with van der Waals surface area (Å²) in [4.78, 5) is 18.4. The molecule has 0 bridgehead atoms. The Labute approximate surface area is 115 Å². The predicted molar refractivity (Wildman–Crippen MR) is 65.7 cm³/mol. The molecule has 1 rings (SSSR count). The summed E-state index contributed by atoms with van der Waals surface area (Å²) in [5, 5.41) is -3.65. The first-order valence-electron chi connectivity index (χ1n) is 5.58. The quantitative estimate of drug-likeness (QED) is 0.633. The molecule has 106 valence electrons. The fraction of sp³-hybridized carbons (Fsp3) is 0.583. The monoisotopic (exact) mass is 292 g/mol. The Morgan fingerprint density at radius 2 is 2.00 bits per heavy atom. The van der Waals surface area contributed by atoms with Gasteiger partial charge in [0.15, 0.2) is 0 Å². The predicted octanol–water partition coefficient (Wildman–Crippen LogP) is 3.42. The molecule has 1 aromatic heterocycles. The lowest BCUT2D eigenvalue weighted by Gasteiger charge is -2.31. The molecule has 0 aromatic carbocycles. The van der Waals surface area contributed by atoms with Gasteiger partial charge in [0.2, 0.25) is 0 Å². The van der Waals surface area contributed by atoms with Crippen LogP contribution in [0.4, 0.5) is 8.78 Å².